The second-order valence-corrected chi connectivity index (χ2v) is 12.2. The lowest BCUT2D eigenvalue weighted by atomic mass is 10.1. The maximum atomic E-state index is 13.0. The molecule has 0 radical (unpaired) electrons. The molecule has 1 aromatic carbocycles. The van der Waals surface area contributed by atoms with Gasteiger partial charge in [-0.2, -0.15) is 8.61 Å². The summed E-state index contributed by atoms with van der Waals surface area (Å²) in [6.07, 6.45) is 4.02. The number of sulfonamides is 2. The van der Waals surface area contributed by atoms with Crippen molar-refractivity contribution in [3.63, 3.8) is 0 Å². The summed E-state index contributed by atoms with van der Waals surface area (Å²) in [5.74, 6) is 0. The van der Waals surface area contributed by atoms with Crippen molar-refractivity contribution in [1.29, 1.82) is 0 Å². The molecule has 0 aromatic heterocycles. The Morgan fingerprint density at radius 1 is 0.812 bits per heavy atom. The second-order valence-electron chi connectivity index (χ2n) is 8.31. The number of benzene rings is 1. The molecule has 0 aliphatic carbocycles. The van der Waals surface area contributed by atoms with Crippen LogP contribution in [0.15, 0.2) is 28.0 Å². The first kappa shape index (κ1) is 27.2. The molecule has 2 saturated heterocycles. The molecule has 2 aliphatic rings. The Kier molecular flexibility index (Phi) is 10.1. The maximum absolute atomic E-state index is 13.0. The number of aryl methyl sites for hydroxylation is 1. The Labute approximate surface area is 194 Å². The van der Waals surface area contributed by atoms with E-state index in [0.29, 0.717) is 57.4 Å². The highest BCUT2D eigenvalue weighted by molar-refractivity contribution is 7.89. The van der Waals surface area contributed by atoms with Crippen LogP contribution in [0.1, 0.15) is 51.5 Å². The number of hydrogen-bond acceptors (Lipinski definition) is 6. The van der Waals surface area contributed by atoms with Gasteiger partial charge in [-0.05, 0) is 56.4 Å². The van der Waals surface area contributed by atoms with Gasteiger partial charge in [0.25, 0.3) is 0 Å². The lowest BCUT2D eigenvalue weighted by Crippen LogP contribution is -2.41. The molecule has 0 unspecified atom stereocenters. The maximum Gasteiger partial charge on any atom is 0.243 e. The Bertz CT molecular complexity index is 933. The first-order valence-corrected chi connectivity index (χ1v) is 14.2. The number of methoxy groups -OCH3 is 2. The van der Waals surface area contributed by atoms with E-state index in [1.54, 1.807) is 21.1 Å². The van der Waals surface area contributed by atoms with E-state index in [9.17, 15) is 16.8 Å². The summed E-state index contributed by atoms with van der Waals surface area (Å²) in [6, 6.07) is 4.29. The number of ether oxygens (including phenoxy) is 2. The highest BCUT2D eigenvalue weighted by Gasteiger charge is 2.33. The van der Waals surface area contributed by atoms with Crippen molar-refractivity contribution in [3.05, 3.63) is 23.8 Å². The lowest BCUT2D eigenvalue weighted by molar-refractivity contribution is 0.0602. The van der Waals surface area contributed by atoms with Gasteiger partial charge in [0.2, 0.25) is 20.0 Å². The minimum Gasteiger partial charge on any atom is -0.381 e. The molecule has 184 valence electrons. The van der Waals surface area contributed by atoms with Crippen molar-refractivity contribution in [2.75, 3.05) is 40.4 Å². The minimum absolute atomic E-state index is 0.0808. The molecule has 2 fully saturated rings. The predicted octanol–water partition coefficient (Wildman–Crippen LogP) is 3.01. The average Bonchev–Trinajstić information content (AvgIpc) is 2.79. The highest BCUT2D eigenvalue weighted by atomic mass is 32.2. The van der Waals surface area contributed by atoms with Crippen molar-refractivity contribution < 1.29 is 26.3 Å². The van der Waals surface area contributed by atoms with Gasteiger partial charge in [-0.15, -0.1) is 0 Å². The van der Waals surface area contributed by atoms with Crippen LogP contribution in [0.4, 0.5) is 0 Å². The molecular weight excluding hydrogens is 452 g/mol. The molecule has 3 rings (SSSR count). The van der Waals surface area contributed by atoms with Crippen molar-refractivity contribution in [3.8, 4) is 0 Å². The molecule has 0 N–H and O–H groups in total. The van der Waals surface area contributed by atoms with Gasteiger partial charge in [0.05, 0.1) is 22.0 Å². The Morgan fingerprint density at radius 2 is 1.22 bits per heavy atom. The molecule has 10 heteroatoms. The largest absolute Gasteiger partial charge is 0.381 e. The van der Waals surface area contributed by atoms with E-state index in [2.05, 4.69) is 13.8 Å². The summed E-state index contributed by atoms with van der Waals surface area (Å²) in [4.78, 5) is 0.285. The van der Waals surface area contributed by atoms with Crippen molar-refractivity contribution in [2.24, 2.45) is 0 Å². The standard InChI is InChI=1S/C19H30N2O6S2.C3H8/c1-15-14-18(28(22,23)20-10-6-16(26-2)7-11-20)4-5-19(15)29(24,25)21-12-8-17(27-3)9-13-21;1-3-2/h4-5,14,16-17H,6-13H2,1-3H3;3H2,1-2H3. The van der Waals surface area contributed by atoms with Crippen LogP contribution >= 0.6 is 0 Å². The predicted molar refractivity (Wildman–Crippen MR) is 125 cm³/mol. The fourth-order valence-electron chi connectivity index (χ4n) is 3.98. The van der Waals surface area contributed by atoms with Crippen LogP contribution in [-0.4, -0.2) is 78.1 Å². The zero-order chi connectivity index (χ0) is 23.9. The average molecular weight is 491 g/mol. The van der Waals surface area contributed by atoms with E-state index in [4.69, 9.17) is 9.47 Å². The van der Waals surface area contributed by atoms with E-state index >= 15 is 0 Å². The first-order chi connectivity index (χ1) is 15.1. The molecule has 2 aliphatic heterocycles. The molecule has 0 saturated carbocycles. The van der Waals surface area contributed by atoms with Gasteiger partial charge in [0, 0.05) is 40.4 Å². The van der Waals surface area contributed by atoms with Gasteiger partial charge in [0.1, 0.15) is 0 Å². The van der Waals surface area contributed by atoms with Crippen molar-refractivity contribution in [2.45, 2.75) is 74.9 Å². The van der Waals surface area contributed by atoms with Gasteiger partial charge in [-0.25, -0.2) is 16.8 Å². The molecule has 0 bridgehead atoms. The highest BCUT2D eigenvalue weighted by Crippen LogP contribution is 2.28. The Balaban J connectivity index is 0.00000114. The smallest absolute Gasteiger partial charge is 0.243 e. The second kappa shape index (κ2) is 11.9. The quantitative estimate of drug-likeness (QED) is 0.609. The summed E-state index contributed by atoms with van der Waals surface area (Å²) in [7, 11) is -4.06. The van der Waals surface area contributed by atoms with Crippen molar-refractivity contribution in [1.82, 2.24) is 8.61 Å². The van der Waals surface area contributed by atoms with E-state index in [1.165, 1.54) is 33.2 Å². The fourth-order valence-corrected chi connectivity index (χ4v) is 7.21. The molecule has 2 heterocycles. The van der Waals surface area contributed by atoms with Crippen LogP contribution < -0.4 is 0 Å². The minimum atomic E-state index is -3.67. The van der Waals surface area contributed by atoms with Gasteiger partial charge in [-0.1, -0.05) is 20.3 Å². The molecule has 1 aromatic rings. The number of rotatable bonds is 6. The SMILES string of the molecule is CCC.COC1CCN(S(=O)(=O)c2ccc(S(=O)(=O)N3CCC(OC)CC3)c(C)c2)CC1. The van der Waals surface area contributed by atoms with Crippen LogP contribution in [0.3, 0.4) is 0 Å². The topological polar surface area (TPSA) is 93.2 Å². The monoisotopic (exact) mass is 490 g/mol. The Hall–Kier alpha value is -1.04. The van der Waals surface area contributed by atoms with Crippen LogP contribution in [0.5, 0.6) is 0 Å². The molecule has 0 spiro atoms. The summed E-state index contributed by atoms with van der Waals surface area (Å²) in [5.41, 5.74) is 0.437. The summed E-state index contributed by atoms with van der Waals surface area (Å²) in [6.45, 7) is 7.48. The number of hydrogen-bond donors (Lipinski definition) is 0. The van der Waals surface area contributed by atoms with E-state index in [0.717, 1.165) is 0 Å². The normalized spacial score (nSPS) is 20.0. The molecular formula is C22H38N2O6S2. The van der Waals surface area contributed by atoms with Crippen LogP contribution in [0.2, 0.25) is 0 Å². The first-order valence-electron chi connectivity index (χ1n) is 11.3. The third-order valence-electron chi connectivity index (χ3n) is 5.87. The van der Waals surface area contributed by atoms with E-state index in [1.807, 2.05) is 0 Å². The zero-order valence-corrected chi connectivity index (χ0v) is 21.5. The van der Waals surface area contributed by atoms with E-state index in [-0.39, 0.29) is 22.0 Å². The molecule has 0 amide bonds. The van der Waals surface area contributed by atoms with E-state index < -0.39 is 20.0 Å². The van der Waals surface area contributed by atoms with Crippen LogP contribution in [-0.2, 0) is 29.5 Å². The molecule has 8 nitrogen and oxygen atoms in total. The molecule has 0 atom stereocenters. The van der Waals surface area contributed by atoms with Gasteiger partial charge in [0.15, 0.2) is 0 Å². The van der Waals surface area contributed by atoms with Gasteiger partial charge < -0.3 is 9.47 Å². The molecule has 32 heavy (non-hydrogen) atoms. The summed E-state index contributed by atoms with van der Waals surface area (Å²) < 4.78 is 65.6. The van der Waals surface area contributed by atoms with Crippen LogP contribution in [0, 0.1) is 6.92 Å². The Morgan fingerprint density at radius 3 is 1.59 bits per heavy atom. The van der Waals surface area contributed by atoms with Gasteiger partial charge in [-0.3, -0.25) is 0 Å². The van der Waals surface area contributed by atoms with Gasteiger partial charge >= 0.3 is 0 Å². The van der Waals surface area contributed by atoms with Crippen molar-refractivity contribution >= 4 is 20.0 Å². The zero-order valence-electron chi connectivity index (χ0n) is 19.9. The third kappa shape index (κ3) is 6.30. The lowest BCUT2D eigenvalue weighted by Gasteiger charge is -2.31. The summed E-state index contributed by atoms with van der Waals surface area (Å²) >= 11 is 0. The number of nitrogens with zero attached hydrogens (tertiary/aromatic N) is 2. The van der Waals surface area contributed by atoms with Crippen LogP contribution in [0.25, 0.3) is 0 Å². The summed E-state index contributed by atoms with van der Waals surface area (Å²) in [5, 5.41) is 0. The third-order valence-corrected chi connectivity index (χ3v) is 9.82. The number of piperidine rings is 2. The fraction of sp³-hybridized carbons (Fsp3) is 0.727.